The maximum atomic E-state index is 9.60. The molecule has 0 fully saturated rings. The molecule has 3 rings (SSSR count). The number of halogens is 1. The third-order valence-electron chi connectivity index (χ3n) is 3.12. The van der Waals surface area contributed by atoms with Gasteiger partial charge in [0.1, 0.15) is 11.6 Å². The number of benzene rings is 2. The molecule has 100 valence electrons. The standard InChI is InChI=1S/C16H13ClN2O/c17-13-4-1-11(2-5-13)10-19-16-15-9-14(20)6-3-12(15)7-8-18-16/h1-9,20H,10H2,(H,18,19). The van der Waals surface area contributed by atoms with Crippen molar-refractivity contribution in [3.63, 3.8) is 0 Å². The Morgan fingerprint density at radius 1 is 1.05 bits per heavy atom. The van der Waals surface area contributed by atoms with E-state index in [1.54, 1.807) is 18.3 Å². The zero-order valence-corrected chi connectivity index (χ0v) is 11.4. The second-order valence-corrected chi connectivity index (χ2v) is 4.98. The Labute approximate surface area is 121 Å². The number of aromatic nitrogens is 1. The third kappa shape index (κ3) is 2.68. The molecule has 0 spiro atoms. The van der Waals surface area contributed by atoms with E-state index in [0.717, 1.165) is 27.2 Å². The maximum absolute atomic E-state index is 9.60. The molecule has 0 radical (unpaired) electrons. The number of phenols is 1. The SMILES string of the molecule is Oc1ccc2ccnc(NCc3ccc(Cl)cc3)c2c1. The Hall–Kier alpha value is -2.26. The molecule has 0 aliphatic carbocycles. The summed E-state index contributed by atoms with van der Waals surface area (Å²) in [5, 5.41) is 15.6. The summed E-state index contributed by atoms with van der Waals surface area (Å²) in [5.41, 5.74) is 1.12. The lowest BCUT2D eigenvalue weighted by molar-refractivity contribution is 0.476. The summed E-state index contributed by atoms with van der Waals surface area (Å²) in [7, 11) is 0. The fourth-order valence-electron chi connectivity index (χ4n) is 2.09. The van der Waals surface area contributed by atoms with Gasteiger partial charge >= 0.3 is 0 Å². The lowest BCUT2D eigenvalue weighted by Crippen LogP contribution is -2.01. The highest BCUT2D eigenvalue weighted by atomic mass is 35.5. The van der Waals surface area contributed by atoms with Gasteiger partial charge in [0.2, 0.25) is 0 Å². The van der Waals surface area contributed by atoms with Gasteiger partial charge in [-0.2, -0.15) is 0 Å². The van der Waals surface area contributed by atoms with E-state index in [4.69, 9.17) is 11.6 Å². The number of pyridine rings is 1. The number of fused-ring (bicyclic) bond motifs is 1. The topological polar surface area (TPSA) is 45.2 Å². The van der Waals surface area contributed by atoms with Crippen LogP contribution in [0.1, 0.15) is 5.56 Å². The Balaban J connectivity index is 1.87. The zero-order chi connectivity index (χ0) is 13.9. The summed E-state index contributed by atoms with van der Waals surface area (Å²) >= 11 is 5.86. The van der Waals surface area contributed by atoms with Gasteiger partial charge in [-0.05, 0) is 41.3 Å². The highest BCUT2D eigenvalue weighted by molar-refractivity contribution is 6.30. The molecule has 1 aromatic heterocycles. The minimum Gasteiger partial charge on any atom is -0.508 e. The highest BCUT2D eigenvalue weighted by Crippen LogP contribution is 2.25. The fraction of sp³-hybridized carbons (Fsp3) is 0.0625. The number of nitrogens with zero attached hydrogens (tertiary/aromatic N) is 1. The van der Waals surface area contributed by atoms with Crippen LogP contribution in [0.2, 0.25) is 5.02 Å². The van der Waals surface area contributed by atoms with Crippen LogP contribution in [0, 0.1) is 0 Å². The summed E-state index contributed by atoms with van der Waals surface area (Å²) in [4.78, 5) is 4.33. The van der Waals surface area contributed by atoms with E-state index in [1.165, 1.54) is 0 Å². The molecular weight excluding hydrogens is 272 g/mol. The van der Waals surface area contributed by atoms with Crippen LogP contribution in [0.3, 0.4) is 0 Å². The van der Waals surface area contributed by atoms with E-state index < -0.39 is 0 Å². The largest absolute Gasteiger partial charge is 0.508 e. The van der Waals surface area contributed by atoms with Crippen molar-refractivity contribution in [2.24, 2.45) is 0 Å². The number of anilines is 1. The van der Waals surface area contributed by atoms with E-state index in [9.17, 15) is 5.11 Å². The van der Waals surface area contributed by atoms with Gasteiger partial charge in [0, 0.05) is 23.2 Å². The quantitative estimate of drug-likeness (QED) is 0.757. The first-order chi connectivity index (χ1) is 9.72. The molecule has 0 aliphatic rings. The summed E-state index contributed by atoms with van der Waals surface area (Å²) in [6, 6.07) is 14.8. The number of aromatic hydroxyl groups is 1. The van der Waals surface area contributed by atoms with Crippen LogP contribution in [-0.2, 0) is 6.54 Å². The van der Waals surface area contributed by atoms with Crippen molar-refractivity contribution in [3.8, 4) is 5.75 Å². The summed E-state index contributed by atoms with van der Waals surface area (Å²) in [6.07, 6.45) is 1.75. The molecule has 20 heavy (non-hydrogen) atoms. The van der Waals surface area contributed by atoms with Crippen molar-refractivity contribution in [2.75, 3.05) is 5.32 Å². The van der Waals surface area contributed by atoms with Crippen molar-refractivity contribution in [1.82, 2.24) is 4.98 Å². The van der Waals surface area contributed by atoms with Crippen LogP contribution < -0.4 is 5.32 Å². The average Bonchev–Trinajstić information content (AvgIpc) is 2.47. The molecule has 4 heteroatoms. The average molecular weight is 285 g/mol. The van der Waals surface area contributed by atoms with E-state index in [1.807, 2.05) is 36.4 Å². The van der Waals surface area contributed by atoms with E-state index in [-0.39, 0.29) is 5.75 Å². The Morgan fingerprint density at radius 2 is 1.85 bits per heavy atom. The molecule has 0 bridgehead atoms. The summed E-state index contributed by atoms with van der Waals surface area (Å²) in [6.45, 7) is 0.652. The Kier molecular flexibility index (Phi) is 3.44. The van der Waals surface area contributed by atoms with Crippen molar-refractivity contribution in [1.29, 1.82) is 0 Å². The second kappa shape index (κ2) is 5.39. The summed E-state index contributed by atoms with van der Waals surface area (Å²) < 4.78 is 0. The zero-order valence-electron chi connectivity index (χ0n) is 10.7. The smallest absolute Gasteiger partial charge is 0.134 e. The van der Waals surface area contributed by atoms with Crippen LogP contribution in [-0.4, -0.2) is 10.1 Å². The molecule has 0 aliphatic heterocycles. The van der Waals surface area contributed by atoms with Crippen LogP contribution >= 0.6 is 11.6 Å². The van der Waals surface area contributed by atoms with Gasteiger partial charge in [-0.25, -0.2) is 4.98 Å². The second-order valence-electron chi connectivity index (χ2n) is 4.55. The number of rotatable bonds is 3. The number of hydrogen-bond acceptors (Lipinski definition) is 3. The van der Waals surface area contributed by atoms with E-state index >= 15 is 0 Å². The first-order valence-corrected chi connectivity index (χ1v) is 6.66. The predicted octanol–water partition coefficient (Wildman–Crippen LogP) is 4.21. The fourth-order valence-corrected chi connectivity index (χ4v) is 2.21. The highest BCUT2D eigenvalue weighted by Gasteiger charge is 2.03. The first-order valence-electron chi connectivity index (χ1n) is 6.28. The Bertz CT molecular complexity index is 741. The molecule has 0 amide bonds. The van der Waals surface area contributed by atoms with Crippen molar-refractivity contribution in [2.45, 2.75) is 6.54 Å². The van der Waals surface area contributed by atoms with Gasteiger partial charge in [0.25, 0.3) is 0 Å². The van der Waals surface area contributed by atoms with Crippen molar-refractivity contribution < 1.29 is 5.11 Å². The minimum atomic E-state index is 0.236. The number of hydrogen-bond donors (Lipinski definition) is 2. The van der Waals surface area contributed by atoms with E-state index in [0.29, 0.717) is 6.54 Å². The van der Waals surface area contributed by atoms with Gasteiger partial charge in [0.05, 0.1) is 0 Å². The van der Waals surface area contributed by atoms with Crippen molar-refractivity contribution in [3.05, 3.63) is 65.3 Å². The third-order valence-corrected chi connectivity index (χ3v) is 3.37. The molecule has 0 saturated carbocycles. The molecule has 0 saturated heterocycles. The van der Waals surface area contributed by atoms with Crippen LogP contribution in [0.5, 0.6) is 5.75 Å². The first kappa shape index (κ1) is 12.8. The lowest BCUT2D eigenvalue weighted by Gasteiger charge is -2.09. The molecular formula is C16H13ClN2O. The van der Waals surface area contributed by atoms with Gasteiger partial charge in [0.15, 0.2) is 0 Å². The normalized spacial score (nSPS) is 10.7. The summed E-state index contributed by atoms with van der Waals surface area (Å²) in [5.74, 6) is 0.994. The lowest BCUT2D eigenvalue weighted by atomic mass is 10.1. The monoisotopic (exact) mass is 284 g/mol. The number of phenolic OH excluding ortho intramolecular Hbond substituents is 1. The van der Waals surface area contributed by atoms with Gasteiger partial charge in [-0.1, -0.05) is 29.8 Å². The molecule has 2 aromatic carbocycles. The maximum Gasteiger partial charge on any atom is 0.134 e. The minimum absolute atomic E-state index is 0.236. The molecule has 0 atom stereocenters. The molecule has 1 heterocycles. The Morgan fingerprint density at radius 3 is 2.65 bits per heavy atom. The van der Waals surface area contributed by atoms with Crippen LogP contribution in [0.15, 0.2) is 54.7 Å². The van der Waals surface area contributed by atoms with Gasteiger partial charge in [-0.15, -0.1) is 0 Å². The molecule has 3 nitrogen and oxygen atoms in total. The molecule has 2 N–H and O–H groups in total. The molecule has 0 unspecified atom stereocenters. The predicted molar refractivity (Wildman–Crippen MR) is 82.2 cm³/mol. The van der Waals surface area contributed by atoms with Crippen LogP contribution in [0.4, 0.5) is 5.82 Å². The van der Waals surface area contributed by atoms with E-state index in [2.05, 4.69) is 10.3 Å². The van der Waals surface area contributed by atoms with Gasteiger partial charge < -0.3 is 10.4 Å². The van der Waals surface area contributed by atoms with Crippen LogP contribution in [0.25, 0.3) is 10.8 Å². The molecule has 3 aromatic rings. The number of nitrogens with one attached hydrogen (secondary N) is 1. The van der Waals surface area contributed by atoms with Gasteiger partial charge in [-0.3, -0.25) is 0 Å². The van der Waals surface area contributed by atoms with Crippen molar-refractivity contribution >= 4 is 28.2 Å².